The minimum atomic E-state index is 0.343. The first kappa shape index (κ1) is 12.7. The Labute approximate surface area is 118 Å². The molecule has 2 aromatic rings. The molecule has 0 bridgehead atoms. The Morgan fingerprint density at radius 3 is 2.37 bits per heavy atom. The van der Waals surface area contributed by atoms with E-state index in [9.17, 15) is 0 Å². The van der Waals surface area contributed by atoms with Crippen LogP contribution in [-0.4, -0.2) is 23.1 Å². The predicted molar refractivity (Wildman–Crippen MR) is 79.8 cm³/mol. The standard InChI is InChI=1S/C15H18ClN3/c16-15-17-13-9-5-4-8-12(13)14(18-15)19-10-6-2-1-3-7-11-19/h4-5,8-9H,1-3,6-7,10-11H2. The lowest BCUT2D eigenvalue weighted by Crippen LogP contribution is -2.28. The molecule has 0 saturated carbocycles. The quantitative estimate of drug-likeness (QED) is 0.735. The highest BCUT2D eigenvalue weighted by Gasteiger charge is 2.14. The third-order valence-corrected chi connectivity index (χ3v) is 3.88. The summed E-state index contributed by atoms with van der Waals surface area (Å²) in [5.41, 5.74) is 0.930. The number of anilines is 1. The number of aromatic nitrogens is 2. The Bertz CT molecular complexity index is 562. The van der Waals surface area contributed by atoms with Crippen LogP contribution in [0.3, 0.4) is 0 Å². The number of hydrogen-bond donors (Lipinski definition) is 0. The van der Waals surface area contributed by atoms with Crippen molar-refractivity contribution in [2.45, 2.75) is 32.1 Å². The fourth-order valence-corrected chi connectivity index (χ4v) is 2.90. The van der Waals surface area contributed by atoms with E-state index in [0.717, 1.165) is 29.8 Å². The van der Waals surface area contributed by atoms with Gasteiger partial charge in [-0.05, 0) is 36.6 Å². The minimum Gasteiger partial charge on any atom is -0.356 e. The second-order valence-electron chi connectivity index (χ2n) is 5.09. The molecular weight excluding hydrogens is 258 g/mol. The molecule has 4 heteroatoms. The van der Waals surface area contributed by atoms with Gasteiger partial charge in [-0.15, -0.1) is 0 Å². The summed E-state index contributed by atoms with van der Waals surface area (Å²) >= 11 is 6.07. The summed E-state index contributed by atoms with van der Waals surface area (Å²) in [6.07, 6.45) is 6.45. The zero-order chi connectivity index (χ0) is 13.1. The number of rotatable bonds is 1. The third-order valence-electron chi connectivity index (χ3n) is 3.71. The summed E-state index contributed by atoms with van der Waals surface area (Å²) in [6, 6.07) is 8.10. The van der Waals surface area contributed by atoms with E-state index < -0.39 is 0 Å². The number of nitrogens with zero attached hydrogens (tertiary/aromatic N) is 3. The van der Waals surface area contributed by atoms with Gasteiger partial charge in [0.25, 0.3) is 0 Å². The van der Waals surface area contributed by atoms with E-state index in [1.807, 2.05) is 18.2 Å². The van der Waals surface area contributed by atoms with Crippen molar-refractivity contribution in [2.75, 3.05) is 18.0 Å². The molecule has 3 nitrogen and oxygen atoms in total. The van der Waals surface area contributed by atoms with Crippen molar-refractivity contribution in [2.24, 2.45) is 0 Å². The van der Waals surface area contributed by atoms with Gasteiger partial charge in [-0.2, -0.15) is 4.98 Å². The molecule has 1 aliphatic rings. The van der Waals surface area contributed by atoms with Gasteiger partial charge in [0.2, 0.25) is 5.28 Å². The van der Waals surface area contributed by atoms with Crippen LogP contribution in [0, 0.1) is 0 Å². The third kappa shape index (κ3) is 2.81. The predicted octanol–water partition coefficient (Wildman–Crippen LogP) is 4.05. The highest BCUT2D eigenvalue weighted by atomic mass is 35.5. The largest absolute Gasteiger partial charge is 0.356 e. The summed E-state index contributed by atoms with van der Waals surface area (Å²) in [5.74, 6) is 0.998. The Kier molecular flexibility index (Phi) is 3.83. The number of benzene rings is 1. The zero-order valence-corrected chi connectivity index (χ0v) is 11.7. The van der Waals surface area contributed by atoms with Gasteiger partial charge in [0.1, 0.15) is 5.82 Å². The Balaban J connectivity index is 2.02. The van der Waals surface area contributed by atoms with Crippen molar-refractivity contribution in [1.29, 1.82) is 0 Å². The number of halogens is 1. The van der Waals surface area contributed by atoms with Gasteiger partial charge in [-0.1, -0.05) is 31.4 Å². The van der Waals surface area contributed by atoms with E-state index in [-0.39, 0.29) is 0 Å². The molecular formula is C15H18ClN3. The first-order chi connectivity index (χ1) is 9.34. The number of para-hydroxylation sites is 1. The van der Waals surface area contributed by atoms with Crippen LogP contribution in [0.15, 0.2) is 24.3 Å². The molecule has 0 unspecified atom stereocenters. The van der Waals surface area contributed by atoms with Crippen molar-refractivity contribution in [3.05, 3.63) is 29.5 Å². The van der Waals surface area contributed by atoms with Gasteiger partial charge in [-0.3, -0.25) is 0 Å². The maximum Gasteiger partial charge on any atom is 0.224 e. The van der Waals surface area contributed by atoms with E-state index >= 15 is 0 Å². The Morgan fingerprint density at radius 2 is 1.58 bits per heavy atom. The lowest BCUT2D eigenvalue weighted by Gasteiger charge is -2.26. The average molecular weight is 276 g/mol. The van der Waals surface area contributed by atoms with E-state index in [2.05, 4.69) is 20.9 Å². The van der Waals surface area contributed by atoms with E-state index in [1.54, 1.807) is 0 Å². The second-order valence-corrected chi connectivity index (χ2v) is 5.43. The molecule has 0 spiro atoms. The molecule has 2 heterocycles. The van der Waals surface area contributed by atoms with Crippen molar-refractivity contribution in [1.82, 2.24) is 9.97 Å². The molecule has 0 N–H and O–H groups in total. The van der Waals surface area contributed by atoms with Gasteiger partial charge < -0.3 is 4.90 Å². The van der Waals surface area contributed by atoms with Gasteiger partial charge >= 0.3 is 0 Å². The Morgan fingerprint density at radius 1 is 0.895 bits per heavy atom. The minimum absolute atomic E-state index is 0.343. The molecule has 1 fully saturated rings. The average Bonchev–Trinajstić information content (AvgIpc) is 2.37. The van der Waals surface area contributed by atoms with Crippen LogP contribution in [0.25, 0.3) is 10.9 Å². The summed E-state index contributed by atoms with van der Waals surface area (Å²) in [5, 5.41) is 1.45. The first-order valence-electron chi connectivity index (χ1n) is 7.02. The van der Waals surface area contributed by atoms with Crippen LogP contribution in [0.1, 0.15) is 32.1 Å². The smallest absolute Gasteiger partial charge is 0.224 e. The zero-order valence-electron chi connectivity index (χ0n) is 11.0. The molecule has 3 rings (SSSR count). The van der Waals surface area contributed by atoms with Gasteiger partial charge in [-0.25, -0.2) is 4.98 Å². The SMILES string of the molecule is Clc1nc(N2CCCCCCC2)c2ccccc2n1. The molecule has 1 aliphatic heterocycles. The van der Waals surface area contributed by atoms with Crippen molar-refractivity contribution in [3.8, 4) is 0 Å². The molecule has 1 aromatic carbocycles. The van der Waals surface area contributed by atoms with E-state index in [1.165, 1.54) is 32.1 Å². The number of fused-ring (bicyclic) bond motifs is 1. The Hall–Kier alpha value is -1.35. The summed E-state index contributed by atoms with van der Waals surface area (Å²) in [7, 11) is 0. The first-order valence-corrected chi connectivity index (χ1v) is 7.39. The van der Waals surface area contributed by atoms with Crippen molar-refractivity contribution >= 4 is 28.3 Å². The fourth-order valence-electron chi connectivity index (χ4n) is 2.73. The van der Waals surface area contributed by atoms with Crippen LogP contribution >= 0.6 is 11.6 Å². The van der Waals surface area contributed by atoms with Crippen LogP contribution in [0.4, 0.5) is 5.82 Å². The van der Waals surface area contributed by atoms with Crippen LogP contribution in [0.2, 0.25) is 5.28 Å². The summed E-state index contributed by atoms with van der Waals surface area (Å²) in [6.45, 7) is 2.13. The summed E-state index contributed by atoms with van der Waals surface area (Å²) in [4.78, 5) is 11.1. The van der Waals surface area contributed by atoms with Gasteiger partial charge in [0.15, 0.2) is 0 Å². The normalized spacial score (nSPS) is 17.2. The molecule has 100 valence electrons. The monoisotopic (exact) mass is 275 g/mol. The maximum atomic E-state index is 6.07. The molecule has 19 heavy (non-hydrogen) atoms. The summed E-state index contributed by atoms with van der Waals surface area (Å²) < 4.78 is 0. The molecule has 0 amide bonds. The van der Waals surface area contributed by atoms with Crippen molar-refractivity contribution in [3.63, 3.8) is 0 Å². The lowest BCUT2D eigenvalue weighted by atomic mass is 10.1. The maximum absolute atomic E-state index is 6.07. The highest BCUT2D eigenvalue weighted by molar-refractivity contribution is 6.28. The fraction of sp³-hybridized carbons (Fsp3) is 0.467. The van der Waals surface area contributed by atoms with E-state index in [0.29, 0.717) is 5.28 Å². The highest BCUT2D eigenvalue weighted by Crippen LogP contribution is 2.26. The molecule has 0 aliphatic carbocycles. The van der Waals surface area contributed by atoms with Gasteiger partial charge in [0, 0.05) is 18.5 Å². The molecule has 0 atom stereocenters. The van der Waals surface area contributed by atoms with Crippen molar-refractivity contribution < 1.29 is 0 Å². The lowest BCUT2D eigenvalue weighted by molar-refractivity contribution is 0.554. The second kappa shape index (κ2) is 5.74. The molecule has 1 aromatic heterocycles. The molecule has 1 saturated heterocycles. The van der Waals surface area contributed by atoms with Crippen LogP contribution in [-0.2, 0) is 0 Å². The molecule has 0 radical (unpaired) electrons. The topological polar surface area (TPSA) is 29.0 Å². The van der Waals surface area contributed by atoms with Gasteiger partial charge in [0.05, 0.1) is 5.52 Å². The van der Waals surface area contributed by atoms with Crippen LogP contribution in [0.5, 0.6) is 0 Å². The number of hydrogen-bond acceptors (Lipinski definition) is 3. The van der Waals surface area contributed by atoms with Crippen LogP contribution < -0.4 is 4.90 Å². The van der Waals surface area contributed by atoms with E-state index in [4.69, 9.17) is 11.6 Å².